The molecule has 5 atom stereocenters. The van der Waals surface area contributed by atoms with Crippen molar-refractivity contribution < 1.29 is 8.78 Å². The Labute approximate surface area is 109 Å². The number of hydrogen-bond acceptors (Lipinski definition) is 1. The van der Waals surface area contributed by atoms with Gasteiger partial charge in [0.2, 0.25) is 5.92 Å². The molecule has 3 aliphatic carbocycles. The minimum atomic E-state index is -2.39. The molecule has 0 heterocycles. The van der Waals surface area contributed by atoms with Gasteiger partial charge in [-0.2, -0.15) is 0 Å². The summed E-state index contributed by atoms with van der Waals surface area (Å²) in [6.45, 7) is 3.02. The van der Waals surface area contributed by atoms with E-state index in [1.54, 1.807) is 0 Å². The SMILES string of the molecule is CCNC(C1CCC(F)(F)C1)C1CC2CCC1C2. The molecule has 1 nitrogen and oxygen atoms in total. The van der Waals surface area contributed by atoms with Crippen molar-refractivity contribution in [2.45, 2.75) is 63.8 Å². The third kappa shape index (κ3) is 2.31. The van der Waals surface area contributed by atoms with Gasteiger partial charge >= 0.3 is 0 Å². The molecule has 0 saturated heterocycles. The maximum absolute atomic E-state index is 13.4. The van der Waals surface area contributed by atoms with Gasteiger partial charge in [0.25, 0.3) is 0 Å². The van der Waals surface area contributed by atoms with Gasteiger partial charge in [-0.05, 0) is 55.9 Å². The van der Waals surface area contributed by atoms with Crippen molar-refractivity contribution in [2.24, 2.45) is 23.7 Å². The van der Waals surface area contributed by atoms with E-state index in [-0.39, 0.29) is 18.8 Å². The summed E-state index contributed by atoms with van der Waals surface area (Å²) in [6.07, 6.45) is 6.36. The smallest absolute Gasteiger partial charge is 0.248 e. The van der Waals surface area contributed by atoms with Crippen LogP contribution in [0.25, 0.3) is 0 Å². The molecule has 0 aromatic carbocycles. The highest BCUT2D eigenvalue weighted by atomic mass is 19.3. The third-order valence-corrected chi connectivity index (χ3v) is 5.64. The highest BCUT2D eigenvalue weighted by Crippen LogP contribution is 2.52. The number of alkyl halides is 2. The van der Waals surface area contributed by atoms with E-state index >= 15 is 0 Å². The van der Waals surface area contributed by atoms with E-state index < -0.39 is 5.92 Å². The highest BCUT2D eigenvalue weighted by molar-refractivity contribution is 4.99. The quantitative estimate of drug-likeness (QED) is 0.807. The Bertz CT molecular complexity index is 305. The first kappa shape index (κ1) is 12.8. The minimum Gasteiger partial charge on any atom is -0.314 e. The zero-order valence-electron chi connectivity index (χ0n) is 11.3. The summed E-state index contributed by atoms with van der Waals surface area (Å²) < 4.78 is 26.9. The van der Waals surface area contributed by atoms with E-state index in [0.717, 1.165) is 24.8 Å². The van der Waals surface area contributed by atoms with Crippen LogP contribution in [0.15, 0.2) is 0 Å². The van der Waals surface area contributed by atoms with E-state index in [4.69, 9.17) is 0 Å². The molecule has 3 saturated carbocycles. The first-order valence-electron chi connectivity index (χ1n) is 7.70. The van der Waals surface area contributed by atoms with Crippen LogP contribution < -0.4 is 5.32 Å². The summed E-state index contributed by atoms with van der Waals surface area (Å²) in [4.78, 5) is 0. The molecule has 3 heteroatoms. The fraction of sp³-hybridized carbons (Fsp3) is 1.00. The number of halogens is 2. The van der Waals surface area contributed by atoms with Crippen LogP contribution in [0.3, 0.4) is 0 Å². The molecule has 0 aliphatic heterocycles. The largest absolute Gasteiger partial charge is 0.314 e. The molecular formula is C15H25F2N. The van der Waals surface area contributed by atoms with Crippen LogP contribution in [0, 0.1) is 23.7 Å². The normalized spacial score (nSPS) is 43.5. The molecule has 5 unspecified atom stereocenters. The van der Waals surface area contributed by atoms with Gasteiger partial charge in [0, 0.05) is 18.9 Å². The lowest BCUT2D eigenvalue weighted by Gasteiger charge is -2.35. The van der Waals surface area contributed by atoms with Gasteiger partial charge in [-0.1, -0.05) is 13.3 Å². The van der Waals surface area contributed by atoms with E-state index in [1.807, 2.05) is 0 Å². The van der Waals surface area contributed by atoms with Crippen molar-refractivity contribution in [3.8, 4) is 0 Å². The van der Waals surface area contributed by atoms with Gasteiger partial charge in [-0.3, -0.25) is 0 Å². The second-order valence-corrected chi connectivity index (χ2v) is 6.78. The Morgan fingerprint density at radius 1 is 1.22 bits per heavy atom. The predicted octanol–water partition coefficient (Wildman–Crippen LogP) is 3.84. The fourth-order valence-corrected chi connectivity index (χ4v) is 4.93. The average Bonchev–Trinajstić information content (AvgIpc) is 3.00. The van der Waals surface area contributed by atoms with Gasteiger partial charge in [0.15, 0.2) is 0 Å². The predicted molar refractivity (Wildman–Crippen MR) is 68.7 cm³/mol. The van der Waals surface area contributed by atoms with Crippen molar-refractivity contribution in [2.75, 3.05) is 6.54 Å². The molecule has 104 valence electrons. The summed E-state index contributed by atoms with van der Waals surface area (Å²) in [7, 11) is 0. The molecule has 18 heavy (non-hydrogen) atoms. The molecule has 0 radical (unpaired) electrons. The standard InChI is InChI=1S/C15H25F2N/c1-2-18-14(12-5-6-15(16,17)9-12)13-8-10-3-4-11(13)7-10/h10-14,18H,2-9H2,1H3. The van der Waals surface area contributed by atoms with Gasteiger partial charge in [-0.15, -0.1) is 0 Å². The molecule has 3 rings (SSSR count). The van der Waals surface area contributed by atoms with Crippen molar-refractivity contribution in [3.05, 3.63) is 0 Å². The van der Waals surface area contributed by atoms with Gasteiger partial charge in [0.1, 0.15) is 0 Å². The van der Waals surface area contributed by atoms with Gasteiger partial charge in [0.05, 0.1) is 0 Å². The molecule has 3 aliphatic rings. The molecule has 2 bridgehead atoms. The van der Waals surface area contributed by atoms with Crippen LogP contribution in [0.2, 0.25) is 0 Å². The molecule has 1 N–H and O–H groups in total. The Balaban J connectivity index is 1.69. The Kier molecular flexibility index (Phi) is 3.38. The summed E-state index contributed by atoms with van der Waals surface area (Å²) >= 11 is 0. The van der Waals surface area contributed by atoms with Crippen LogP contribution in [-0.2, 0) is 0 Å². The minimum absolute atomic E-state index is 0.111. The summed E-state index contributed by atoms with van der Waals surface area (Å²) in [5.41, 5.74) is 0. The number of hydrogen-bond donors (Lipinski definition) is 1. The fourth-order valence-electron chi connectivity index (χ4n) is 4.93. The van der Waals surface area contributed by atoms with Crippen LogP contribution in [0.4, 0.5) is 8.78 Å². The highest BCUT2D eigenvalue weighted by Gasteiger charge is 2.49. The van der Waals surface area contributed by atoms with E-state index in [1.165, 1.54) is 25.7 Å². The molecule has 0 aromatic rings. The van der Waals surface area contributed by atoms with Crippen LogP contribution in [0.1, 0.15) is 51.9 Å². The Morgan fingerprint density at radius 2 is 2.06 bits per heavy atom. The Morgan fingerprint density at radius 3 is 2.56 bits per heavy atom. The first-order chi connectivity index (χ1) is 8.59. The topological polar surface area (TPSA) is 12.0 Å². The van der Waals surface area contributed by atoms with Crippen molar-refractivity contribution in [3.63, 3.8) is 0 Å². The summed E-state index contributed by atoms with van der Waals surface area (Å²) in [6, 6.07) is 0.360. The van der Waals surface area contributed by atoms with Gasteiger partial charge < -0.3 is 5.32 Å². The van der Waals surface area contributed by atoms with Crippen molar-refractivity contribution >= 4 is 0 Å². The molecule has 0 spiro atoms. The molecule has 0 amide bonds. The Hall–Kier alpha value is -0.180. The zero-order chi connectivity index (χ0) is 12.8. The lowest BCUT2D eigenvalue weighted by atomic mass is 9.77. The monoisotopic (exact) mass is 257 g/mol. The van der Waals surface area contributed by atoms with Crippen molar-refractivity contribution in [1.82, 2.24) is 5.32 Å². The van der Waals surface area contributed by atoms with Crippen LogP contribution in [-0.4, -0.2) is 18.5 Å². The second-order valence-electron chi connectivity index (χ2n) is 6.78. The van der Waals surface area contributed by atoms with E-state index in [9.17, 15) is 8.78 Å². The summed E-state index contributed by atoms with van der Waals surface area (Å²) in [5.74, 6) is 0.235. The maximum atomic E-state index is 13.4. The number of nitrogens with one attached hydrogen (secondary N) is 1. The first-order valence-corrected chi connectivity index (χ1v) is 7.70. The maximum Gasteiger partial charge on any atom is 0.248 e. The number of fused-ring (bicyclic) bond motifs is 2. The van der Waals surface area contributed by atoms with Crippen molar-refractivity contribution in [1.29, 1.82) is 0 Å². The average molecular weight is 257 g/mol. The molecule has 3 fully saturated rings. The molecule has 0 aromatic heterocycles. The second kappa shape index (κ2) is 4.73. The molecular weight excluding hydrogens is 232 g/mol. The third-order valence-electron chi connectivity index (χ3n) is 5.64. The number of rotatable bonds is 4. The van der Waals surface area contributed by atoms with E-state index in [2.05, 4.69) is 12.2 Å². The van der Waals surface area contributed by atoms with Gasteiger partial charge in [-0.25, -0.2) is 8.78 Å². The lowest BCUT2D eigenvalue weighted by molar-refractivity contribution is 0.00127. The van der Waals surface area contributed by atoms with Crippen LogP contribution in [0.5, 0.6) is 0 Å². The van der Waals surface area contributed by atoms with Crippen LogP contribution >= 0.6 is 0 Å². The van der Waals surface area contributed by atoms with E-state index in [0.29, 0.717) is 12.0 Å². The summed E-state index contributed by atoms with van der Waals surface area (Å²) in [5, 5.41) is 3.56. The lowest BCUT2D eigenvalue weighted by Crippen LogP contribution is -2.43. The zero-order valence-corrected chi connectivity index (χ0v) is 11.3.